The highest BCUT2D eigenvalue weighted by Crippen LogP contribution is 2.29. The lowest BCUT2D eigenvalue weighted by Gasteiger charge is -2.32. The van der Waals surface area contributed by atoms with Gasteiger partial charge in [0, 0.05) is 12.1 Å². The van der Waals surface area contributed by atoms with Crippen LogP contribution < -0.4 is 9.47 Å². The molecule has 1 atom stereocenters. The second kappa shape index (κ2) is 7.90. The van der Waals surface area contributed by atoms with E-state index in [9.17, 15) is 0 Å². The Morgan fingerprint density at radius 3 is 2.86 bits per heavy atom. The lowest BCUT2D eigenvalue weighted by Crippen LogP contribution is -2.37. The predicted octanol–water partition coefficient (Wildman–Crippen LogP) is 3.21. The van der Waals surface area contributed by atoms with Crippen molar-refractivity contribution < 1.29 is 9.47 Å². The lowest BCUT2D eigenvalue weighted by molar-refractivity contribution is 0.151. The van der Waals surface area contributed by atoms with Gasteiger partial charge in [-0.1, -0.05) is 6.42 Å². The first-order valence-electron chi connectivity index (χ1n) is 7.74. The molecule has 114 valence electrons. The Hall–Kier alpha value is -1.73. The van der Waals surface area contributed by atoms with Crippen LogP contribution in [0.25, 0.3) is 0 Å². The number of ether oxygens (including phenoxy) is 2. The summed E-state index contributed by atoms with van der Waals surface area (Å²) in [4.78, 5) is 2.43. The molecule has 1 heterocycles. The fourth-order valence-corrected chi connectivity index (χ4v) is 2.78. The monoisotopic (exact) mass is 288 g/mol. The van der Waals surface area contributed by atoms with Crippen molar-refractivity contribution in [1.82, 2.24) is 4.90 Å². The van der Waals surface area contributed by atoms with Crippen LogP contribution in [0.5, 0.6) is 11.5 Å². The molecule has 21 heavy (non-hydrogen) atoms. The fraction of sp³-hybridized carbons (Fsp3) is 0.588. The Kier molecular flexibility index (Phi) is 5.89. The molecule has 1 aromatic carbocycles. The Bertz CT molecular complexity index is 496. The summed E-state index contributed by atoms with van der Waals surface area (Å²) in [6.45, 7) is 4.36. The minimum atomic E-state index is 0.566. The van der Waals surface area contributed by atoms with Crippen LogP contribution in [0.3, 0.4) is 0 Å². The van der Waals surface area contributed by atoms with Crippen LogP contribution in [0.2, 0.25) is 0 Å². The van der Waals surface area contributed by atoms with Crippen molar-refractivity contribution in [3.63, 3.8) is 0 Å². The third kappa shape index (κ3) is 4.37. The van der Waals surface area contributed by atoms with Crippen LogP contribution in [0.1, 0.15) is 38.2 Å². The fourth-order valence-electron chi connectivity index (χ4n) is 2.78. The molecule has 4 nitrogen and oxygen atoms in total. The molecule has 0 aromatic heterocycles. The van der Waals surface area contributed by atoms with Gasteiger partial charge in [0.2, 0.25) is 0 Å². The van der Waals surface area contributed by atoms with Crippen LogP contribution in [-0.4, -0.2) is 37.7 Å². The number of nitriles is 1. The van der Waals surface area contributed by atoms with Crippen molar-refractivity contribution in [3.8, 4) is 17.6 Å². The van der Waals surface area contributed by atoms with Gasteiger partial charge in [0.25, 0.3) is 0 Å². The number of hydrogen-bond donors (Lipinski definition) is 0. The molecular weight excluding hydrogens is 264 g/mol. The zero-order valence-corrected chi connectivity index (χ0v) is 13.0. The van der Waals surface area contributed by atoms with E-state index in [1.165, 1.54) is 25.8 Å². The molecule has 1 aromatic rings. The van der Waals surface area contributed by atoms with E-state index in [1.807, 2.05) is 13.0 Å². The minimum Gasteiger partial charge on any atom is -0.490 e. The molecule has 0 saturated carbocycles. The molecule has 1 fully saturated rings. The number of rotatable bonds is 6. The average molecular weight is 288 g/mol. The number of benzene rings is 1. The van der Waals surface area contributed by atoms with E-state index in [1.54, 1.807) is 12.1 Å². The summed E-state index contributed by atoms with van der Waals surface area (Å²) in [6, 6.07) is 8.08. The minimum absolute atomic E-state index is 0.566. The van der Waals surface area contributed by atoms with Crippen molar-refractivity contribution in [2.75, 3.05) is 26.8 Å². The smallest absolute Gasteiger partial charge is 0.162 e. The highest BCUT2D eigenvalue weighted by atomic mass is 16.5. The van der Waals surface area contributed by atoms with E-state index >= 15 is 0 Å². The van der Waals surface area contributed by atoms with E-state index in [2.05, 4.69) is 18.0 Å². The van der Waals surface area contributed by atoms with Gasteiger partial charge in [0.15, 0.2) is 11.5 Å². The second-order valence-corrected chi connectivity index (χ2v) is 5.47. The van der Waals surface area contributed by atoms with Crippen molar-refractivity contribution in [2.45, 2.75) is 38.6 Å². The van der Waals surface area contributed by atoms with Crippen LogP contribution in [0.4, 0.5) is 0 Å². The number of hydrogen-bond acceptors (Lipinski definition) is 4. The topological polar surface area (TPSA) is 45.5 Å². The van der Waals surface area contributed by atoms with Crippen LogP contribution in [0.15, 0.2) is 18.2 Å². The van der Waals surface area contributed by atoms with Gasteiger partial charge in [0.05, 0.1) is 24.8 Å². The third-order valence-corrected chi connectivity index (χ3v) is 4.00. The summed E-state index contributed by atoms with van der Waals surface area (Å²) in [5, 5.41) is 8.94. The summed E-state index contributed by atoms with van der Waals surface area (Å²) in [7, 11) is 2.19. The van der Waals surface area contributed by atoms with Gasteiger partial charge in [-0.3, -0.25) is 0 Å². The number of piperidine rings is 1. The van der Waals surface area contributed by atoms with Crippen LogP contribution >= 0.6 is 0 Å². The molecule has 1 unspecified atom stereocenters. The summed E-state index contributed by atoms with van der Waals surface area (Å²) in [5.41, 5.74) is 0.595. The first kappa shape index (κ1) is 15.7. The standard InChI is InChI=1S/C17H24N2O2/c1-3-20-17-12-14(13-18)7-8-16(17)21-11-9-15-6-4-5-10-19(15)2/h7-8,12,15H,3-6,9-11H2,1-2H3. The SMILES string of the molecule is CCOc1cc(C#N)ccc1OCCC1CCCCN1C. The Labute approximate surface area is 127 Å². The molecule has 0 spiro atoms. The maximum Gasteiger partial charge on any atom is 0.162 e. The Morgan fingerprint density at radius 1 is 1.29 bits per heavy atom. The van der Waals surface area contributed by atoms with E-state index in [-0.39, 0.29) is 0 Å². The molecular formula is C17H24N2O2. The molecule has 1 aliphatic heterocycles. The van der Waals surface area contributed by atoms with Gasteiger partial charge >= 0.3 is 0 Å². The summed E-state index contributed by atoms with van der Waals surface area (Å²) in [5.74, 6) is 1.39. The van der Waals surface area contributed by atoms with Crippen LogP contribution in [-0.2, 0) is 0 Å². The molecule has 0 amide bonds. The molecule has 4 heteroatoms. The molecule has 0 aliphatic carbocycles. The summed E-state index contributed by atoms with van der Waals surface area (Å²) >= 11 is 0. The zero-order chi connectivity index (χ0) is 15.1. The third-order valence-electron chi connectivity index (χ3n) is 4.00. The quantitative estimate of drug-likeness (QED) is 0.806. The molecule has 1 aliphatic rings. The van der Waals surface area contributed by atoms with Gasteiger partial charge in [-0.05, 0) is 51.9 Å². The van der Waals surface area contributed by atoms with E-state index < -0.39 is 0 Å². The summed E-state index contributed by atoms with van der Waals surface area (Å²) in [6.07, 6.45) is 4.90. The second-order valence-electron chi connectivity index (χ2n) is 5.47. The van der Waals surface area contributed by atoms with Gasteiger partial charge < -0.3 is 14.4 Å². The van der Waals surface area contributed by atoms with Crippen molar-refractivity contribution in [1.29, 1.82) is 5.26 Å². The highest BCUT2D eigenvalue weighted by Gasteiger charge is 2.18. The number of nitrogens with zero attached hydrogens (tertiary/aromatic N) is 2. The van der Waals surface area contributed by atoms with Crippen molar-refractivity contribution in [3.05, 3.63) is 23.8 Å². The lowest BCUT2D eigenvalue weighted by atomic mass is 10.0. The average Bonchev–Trinajstić information content (AvgIpc) is 2.51. The van der Waals surface area contributed by atoms with Gasteiger partial charge in [-0.15, -0.1) is 0 Å². The largest absolute Gasteiger partial charge is 0.490 e. The van der Waals surface area contributed by atoms with Crippen molar-refractivity contribution in [2.24, 2.45) is 0 Å². The highest BCUT2D eigenvalue weighted by molar-refractivity contribution is 5.46. The summed E-state index contributed by atoms with van der Waals surface area (Å²) < 4.78 is 11.4. The molecule has 0 radical (unpaired) electrons. The predicted molar refractivity (Wildman–Crippen MR) is 82.7 cm³/mol. The van der Waals surface area contributed by atoms with Gasteiger partial charge in [-0.25, -0.2) is 0 Å². The van der Waals surface area contributed by atoms with E-state index in [0.29, 0.717) is 30.6 Å². The molecule has 1 saturated heterocycles. The normalized spacial score (nSPS) is 19.0. The van der Waals surface area contributed by atoms with Gasteiger partial charge in [-0.2, -0.15) is 5.26 Å². The Morgan fingerprint density at radius 2 is 2.14 bits per heavy atom. The zero-order valence-electron chi connectivity index (χ0n) is 13.0. The van der Waals surface area contributed by atoms with Gasteiger partial charge in [0.1, 0.15) is 0 Å². The first-order chi connectivity index (χ1) is 10.2. The number of likely N-dealkylation sites (tertiary alicyclic amines) is 1. The van der Waals surface area contributed by atoms with Crippen LogP contribution in [0, 0.1) is 11.3 Å². The van der Waals surface area contributed by atoms with E-state index in [4.69, 9.17) is 14.7 Å². The molecule has 0 bridgehead atoms. The molecule has 2 rings (SSSR count). The molecule has 0 N–H and O–H groups in total. The maximum absolute atomic E-state index is 8.94. The van der Waals surface area contributed by atoms with Crippen molar-refractivity contribution >= 4 is 0 Å². The van der Waals surface area contributed by atoms with E-state index in [0.717, 1.165) is 12.2 Å². The first-order valence-corrected chi connectivity index (χ1v) is 7.74. The maximum atomic E-state index is 8.94. The Balaban J connectivity index is 1.91.